The largest absolute Gasteiger partial charge is 0.352 e. The molecule has 0 aliphatic heterocycles. The van der Waals surface area contributed by atoms with E-state index in [1.165, 1.54) is 38.5 Å². The van der Waals surface area contributed by atoms with E-state index in [0.29, 0.717) is 6.54 Å². The van der Waals surface area contributed by atoms with Crippen molar-refractivity contribution in [3.63, 3.8) is 0 Å². The van der Waals surface area contributed by atoms with Gasteiger partial charge in [-0.2, -0.15) is 0 Å². The summed E-state index contributed by atoms with van der Waals surface area (Å²) in [4.78, 5) is 11.8. The van der Waals surface area contributed by atoms with Gasteiger partial charge in [0.2, 0.25) is 0 Å². The van der Waals surface area contributed by atoms with Crippen molar-refractivity contribution in [2.24, 2.45) is 5.73 Å². The van der Waals surface area contributed by atoms with Crippen molar-refractivity contribution >= 4 is 5.91 Å². The van der Waals surface area contributed by atoms with Gasteiger partial charge in [0, 0.05) is 18.2 Å². The highest BCUT2D eigenvalue weighted by atomic mass is 16.1. The summed E-state index contributed by atoms with van der Waals surface area (Å²) < 4.78 is 0. The van der Waals surface area contributed by atoms with E-state index in [0.717, 1.165) is 24.8 Å². The summed E-state index contributed by atoms with van der Waals surface area (Å²) in [6.45, 7) is 2.95. The first-order chi connectivity index (χ1) is 10.7. The zero-order valence-electron chi connectivity index (χ0n) is 14.0. The number of rotatable bonds is 12. The van der Waals surface area contributed by atoms with Crippen LogP contribution in [0.5, 0.6) is 0 Å². The van der Waals surface area contributed by atoms with Crippen molar-refractivity contribution in [3.8, 4) is 0 Å². The van der Waals surface area contributed by atoms with Gasteiger partial charge in [-0.1, -0.05) is 63.6 Å². The Morgan fingerprint density at radius 3 is 2.36 bits per heavy atom. The number of benzene rings is 1. The first-order valence-corrected chi connectivity index (χ1v) is 8.83. The maximum atomic E-state index is 11.8. The van der Waals surface area contributed by atoms with Crippen molar-refractivity contribution in [1.82, 2.24) is 5.32 Å². The lowest BCUT2D eigenvalue weighted by atomic mass is 10.0. The molecule has 1 amide bonds. The van der Waals surface area contributed by atoms with Crippen LogP contribution in [0.2, 0.25) is 0 Å². The van der Waals surface area contributed by atoms with Crippen LogP contribution in [0.25, 0.3) is 0 Å². The second kappa shape index (κ2) is 12.2. The minimum absolute atomic E-state index is 0.00472. The van der Waals surface area contributed by atoms with Crippen LogP contribution in [-0.2, 0) is 0 Å². The van der Waals surface area contributed by atoms with Gasteiger partial charge in [0.05, 0.1) is 0 Å². The minimum Gasteiger partial charge on any atom is -0.352 e. The first kappa shape index (κ1) is 18.7. The average Bonchev–Trinajstić information content (AvgIpc) is 2.55. The summed E-state index contributed by atoms with van der Waals surface area (Å²) in [6.07, 6.45) is 10.9. The molecule has 3 N–H and O–H groups in total. The highest BCUT2D eigenvalue weighted by Gasteiger charge is 2.05. The number of hydrogen-bond donors (Lipinski definition) is 2. The van der Waals surface area contributed by atoms with E-state index in [1.54, 1.807) is 0 Å². The van der Waals surface area contributed by atoms with E-state index in [2.05, 4.69) is 12.2 Å². The van der Waals surface area contributed by atoms with Crippen LogP contribution >= 0.6 is 0 Å². The lowest BCUT2D eigenvalue weighted by Gasteiger charge is -2.11. The fraction of sp³-hybridized carbons (Fsp3) is 0.632. The van der Waals surface area contributed by atoms with E-state index in [4.69, 9.17) is 5.73 Å². The molecule has 1 rings (SSSR count). The third-order valence-electron chi connectivity index (χ3n) is 4.00. The fourth-order valence-corrected chi connectivity index (χ4v) is 2.59. The Bertz CT molecular complexity index is 392. The topological polar surface area (TPSA) is 55.1 Å². The predicted molar refractivity (Wildman–Crippen MR) is 94.0 cm³/mol. The predicted octanol–water partition coefficient (Wildman–Crippen LogP) is 4.27. The Balaban J connectivity index is 1.98. The van der Waals surface area contributed by atoms with Crippen LogP contribution in [0.3, 0.4) is 0 Å². The Morgan fingerprint density at radius 1 is 1.00 bits per heavy atom. The molecule has 22 heavy (non-hydrogen) atoms. The molecular weight excluding hydrogens is 272 g/mol. The molecule has 3 nitrogen and oxygen atoms in total. The highest BCUT2D eigenvalue weighted by Crippen LogP contribution is 2.10. The Morgan fingerprint density at radius 2 is 1.64 bits per heavy atom. The third kappa shape index (κ3) is 8.83. The summed E-state index contributed by atoms with van der Waals surface area (Å²) in [7, 11) is 0. The lowest BCUT2D eigenvalue weighted by Crippen LogP contribution is -2.27. The second-order valence-corrected chi connectivity index (χ2v) is 6.08. The van der Waals surface area contributed by atoms with Gasteiger partial charge in [-0.15, -0.1) is 0 Å². The zero-order valence-corrected chi connectivity index (χ0v) is 14.0. The van der Waals surface area contributed by atoms with Gasteiger partial charge in [0.1, 0.15) is 0 Å². The summed E-state index contributed by atoms with van der Waals surface area (Å²) in [5.74, 6) is 0.00472. The molecule has 0 fully saturated rings. The van der Waals surface area contributed by atoms with E-state index in [1.807, 2.05) is 30.3 Å². The van der Waals surface area contributed by atoms with Gasteiger partial charge in [-0.25, -0.2) is 0 Å². The molecule has 0 spiro atoms. The zero-order chi connectivity index (χ0) is 16.0. The summed E-state index contributed by atoms with van der Waals surface area (Å²) in [5, 5.41) is 2.95. The average molecular weight is 304 g/mol. The van der Waals surface area contributed by atoms with E-state index >= 15 is 0 Å². The van der Waals surface area contributed by atoms with Crippen LogP contribution in [0.4, 0.5) is 0 Å². The first-order valence-electron chi connectivity index (χ1n) is 8.83. The van der Waals surface area contributed by atoms with Crippen molar-refractivity contribution in [2.45, 2.75) is 70.8 Å². The molecule has 1 atom stereocenters. The number of nitrogens with one attached hydrogen (secondary N) is 1. The molecule has 1 aromatic rings. The van der Waals surface area contributed by atoms with Gasteiger partial charge in [-0.3, -0.25) is 4.79 Å². The van der Waals surface area contributed by atoms with Gasteiger partial charge in [0.15, 0.2) is 0 Å². The summed E-state index contributed by atoms with van der Waals surface area (Å²) >= 11 is 0. The molecule has 1 unspecified atom stereocenters. The van der Waals surface area contributed by atoms with Crippen molar-refractivity contribution < 1.29 is 4.79 Å². The molecule has 0 saturated carbocycles. The third-order valence-corrected chi connectivity index (χ3v) is 4.00. The van der Waals surface area contributed by atoms with E-state index in [-0.39, 0.29) is 11.9 Å². The maximum Gasteiger partial charge on any atom is 0.251 e. The van der Waals surface area contributed by atoms with Crippen LogP contribution in [-0.4, -0.2) is 18.5 Å². The molecule has 3 heteroatoms. The Labute approximate surface area is 135 Å². The van der Waals surface area contributed by atoms with Crippen LogP contribution < -0.4 is 11.1 Å². The maximum absolute atomic E-state index is 11.8. The number of nitrogens with two attached hydrogens (primary N) is 1. The van der Waals surface area contributed by atoms with Crippen molar-refractivity contribution in [2.75, 3.05) is 6.54 Å². The van der Waals surface area contributed by atoms with Crippen molar-refractivity contribution in [3.05, 3.63) is 35.9 Å². The SMILES string of the molecule is CCCCCCCCC(N)CCCNC(=O)c1ccccc1. The van der Waals surface area contributed by atoms with Gasteiger partial charge >= 0.3 is 0 Å². The Kier molecular flexibility index (Phi) is 10.4. The standard InChI is InChI=1S/C19H32N2O/c1-2-3-4-5-6-10-14-18(20)15-11-16-21-19(22)17-12-8-7-9-13-17/h7-9,12-13,18H,2-6,10-11,14-16,20H2,1H3,(H,21,22). The molecular formula is C19H32N2O. The van der Waals surface area contributed by atoms with E-state index in [9.17, 15) is 4.79 Å². The van der Waals surface area contributed by atoms with Crippen molar-refractivity contribution in [1.29, 1.82) is 0 Å². The highest BCUT2D eigenvalue weighted by molar-refractivity contribution is 5.94. The molecule has 0 saturated heterocycles. The smallest absolute Gasteiger partial charge is 0.251 e. The molecule has 124 valence electrons. The fourth-order valence-electron chi connectivity index (χ4n) is 2.59. The molecule has 1 aromatic carbocycles. The summed E-state index contributed by atoms with van der Waals surface area (Å²) in [5.41, 5.74) is 6.85. The minimum atomic E-state index is 0.00472. The van der Waals surface area contributed by atoms with Crippen LogP contribution in [0, 0.1) is 0 Å². The lowest BCUT2D eigenvalue weighted by molar-refractivity contribution is 0.0952. The molecule has 0 radical (unpaired) electrons. The Hall–Kier alpha value is -1.35. The molecule has 0 bridgehead atoms. The normalized spacial score (nSPS) is 12.1. The number of unbranched alkanes of at least 4 members (excludes halogenated alkanes) is 5. The summed E-state index contributed by atoms with van der Waals surface area (Å²) in [6, 6.07) is 9.62. The monoisotopic (exact) mass is 304 g/mol. The van der Waals surface area contributed by atoms with Gasteiger partial charge in [0.25, 0.3) is 5.91 Å². The van der Waals surface area contributed by atoms with Crippen LogP contribution in [0.1, 0.15) is 75.1 Å². The van der Waals surface area contributed by atoms with Gasteiger partial charge in [-0.05, 0) is 31.4 Å². The molecule has 0 aliphatic rings. The molecule has 0 aliphatic carbocycles. The second-order valence-electron chi connectivity index (χ2n) is 6.08. The van der Waals surface area contributed by atoms with E-state index < -0.39 is 0 Å². The molecule has 0 heterocycles. The quantitative estimate of drug-likeness (QED) is 0.566. The number of carbonyl (C=O) groups is 1. The molecule has 0 aromatic heterocycles. The number of hydrogen-bond acceptors (Lipinski definition) is 2. The van der Waals surface area contributed by atoms with Crippen LogP contribution in [0.15, 0.2) is 30.3 Å². The number of amides is 1. The van der Waals surface area contributed by atoms with Gasteiger partial charge < -0.3 is 11.1 Å². The number of carbonyl (C=O) groups excluding carboxylic acids is 1.